The van der Waals surface area contributed by atoms with Crippen LogP contribution in [0.25, 0.3) is 0 Å². The van der Waals surface area contributed by atoms with E-state index in [9.17, 15) is 8.42 Å². The van der Waals surface area contributed by atoms with Crippen LogP contribution in [-0.2, 0) is 20.9 Å². The number of pyridine rings is 1. The average Bonchev–Trinajstić information content (AvgIpc) is 2.39. The van der Waals surface area contributed by atoms with Crippen molar-refractivity contribution in [1.29, 1.82) is 0 Å². The lowest BCUT2D eigenvalue weighted by molar-refractivity contribution is 0.308. The number of halogens is 2. The Morgan fingerprint density at radius 3 is 2.42 bits per heavy atom. The van der Waals surface area contributed by atoms with Crippen LogP contribution in [-0.4, -0.2) is 13.4 Å². The number of hydrogen-bond donors (Lipinski definition) is 0. The van der Waals surface area contributed by atoms with Crippen LogP contribution in [0.15, 0.2) is 52.0 Å². The molecule has 0 spiro atoms. The molecule has 0 saturated heterocycles. The van der Waals surface area contributed by atoms with E-state index in [1.54, 1.807) is 12.1 Å². The summed E-state index contributed by atoms with van der Waals surface area (Å²) in [7, 11) is -3.82. The van der Waals surface area contributed by atoms with Gasteiger partial charge >= 0.3 is 0 Å². The summed E-state index contributed by atoms with van der Waals surface area (Å²) in [5, 5.41) is 0.229. The van der Waals surface area contributed by atoms with Crippen molar-refractivity contribution in [2.75, 3.05) is 0 Å². The molecule has 19 heavy (non-hydrogen) atoms. The molecule has 0 aliphatic carbocycles. The number of nitrogens with zero attached hydrogens (tertiary/aromatic N) is 1. The first kappa shape index (κ1) is 14.5. The third-order valence-electron chi connectivity index (χ3n) is 2.28. The molecule has 0 bridgehead atoms. The van der Waals surface area contributed by atoms with Crippen LogP contribution in [0.3, 0.4) is 0 Å². The Bertz CT molecular complexity index is 656. The number of benzene rings is 1. The van der Waals surface area contributed by atoms with Crippen LogP contribution in [0.5, 0.6) is 0 Å². The minimum Gasteiger partial charge on any atom is -0.262 e. The lowest BCUT2D eigenvalue weighted by atomic mass is 10.2. The van der Waals surface area contributed by atoms with Gasteiger partial charge in [0.15, 0.2) is 0 Å². The molecule has 0 aliphatic rings. The van der Waals surface area contributed by atoms with Gasteiger partial charge in [-0.25, -0.2) is 4.98 Å². The Balaban J connectivity index is 2.09. The van der Waals surface area contributed by atoms with E-state index in [0.29, 0.717) is 0 Å². The molecular formula is C12H9BrClNO3S. The Labute approximate surface area is 124 Å². The monoisotopic (exact) mass is 361 g/mol. The Morgan fingerprint density at radius 1 is 1.16 bits per heavy atom. The van der Waals surface area contributed by atoms with E-state index in [1.165, 1.54) is 18.3 Å². The third kappa shape index (κ3) is 4.01. The molecule has 0 unspecified atom stereocenters. The molecule has 0 fully saturated rings. The summed E-state index contributed by atoms with van der Waals surface area (Å²) in [5.41, 5.74) is 0.758. The van der Waals surface area contributed by atoms with Gasteiger partial charge < -0.3 is 0 Å². The van der Waals surface area contributed by atoms with Crippen molar-refractivity contribution >= 4 is 37.6 Å². The molecule has 0 amide bonds. The first-order valence-electron chi connectivity index (χ1n) is 5.23. The lowest BCUT2D eigenvalue weighted by Crippen LogP contribution is -2.06. The Morgan fingerprint density at radius 2 is 1.84 bits per heavy atom. The van der Waals surface area contributed by atoms with Gasteiger partial charge in [-0.15, -0.1) is 0 Å². The van der Waals surface area contributed by atoms with Gasteiger partial charge in [0.05, 0.1) is 6.61 Å². The summed E-state index contributed by atoms with van der Waals surface area (Å²) in [6.45, 7) is -0.0295. The summed E-state index contributed by atoms with van der Waals surface area (Å²) in [6.07, 6.45) is 1.17. The summed E-state index contributed by atoms with van der Waals surface area (Å²) >= 11 is 8.90. The van der Waals surface area contributed by atoms with Crippen LogP contribution < -0.4 is 0 Å². The van der Waals surface area contributed by atoms with Gasteiger partial charge in [-0.05, 0) is 29.8 Å². The maximum atomic E-state index is 11.9. The highest BCUT2D eigenvalue weighted by atomic mass is 79.9. The number of rotatable bonds is 4. The van der Waals surface area contributed by atoms with Gasteiger partial charge in [0, 0.05) is 10.7 Å². The zero-order valence-electron chi connectivity index (χ0n) is 9.58. The highest BCUT2D eigenvalue weighted by Crippen LogP contribution is 2.16. The molecule has 2 aromatic rings. The largest absolute Gasteiger partial charge is 0.298 e. The minimum atomic E-state index is -3.82. The second-order valence-electron chi connectivity index (χ2n) is 3.66. The van der Waals surface area contributed by atoms with Crippen LogP contribution >= 0.6 is 27.5 Å². The maximum Gasteiger partial charge on any atom is 0.298 e. The standard InChI is InChI=1S/C12H9BrClNO3S/c13-10-3-1-9(2-4-10)8-18-19(16,17)11-5-6-12(14)15-7-11/h1-7H,8H2. The molecule has 7 heteroatoms. The second kappa shape index (κ2) is 6.00. The summed E-state index contributed by atoms with van der Waals surface area (Å²) in [4.78, 5) is 3.69. The van der Waals surface area contributed by atoms with E-state index >= 15 is 0 Å². The molecular weight excluding hydrogens is 354 g/mol. The molecule has 0 N–H and O–H groups in total. The van der Waals surface area contributed by atoms with Gasteiger partial charge in [-0.1, -0.05) is 39.7 Å². The van der Waals surface area contributed by atoms with Gasteiger partial charge in [-0.2, -0.15) is 8.42 Å². The number of hydrogen-bond acceptors (Lipinski definition) is 4. The fourth-order valence-electron chi connectivity index (χ4n) is 1.30. The Kier molecular flexibility index (Phi) is 4.57. The van der Waals surface area contributed by atoms with E-state index in [2.05, 4.69) is 20.9 Å². The highest BCUT2D eigenvalue weighted by molar-refractivity contribution is 9.10. The molecule has 100 valence electrons. The van der Waals surface area contributed by atoms with Gasteiger partial charge in [0.25, 0.3) is 10.1 Å². The molecule has 1 aromatic carbocycles. The topological polar surface area (TPSA) is 56.3 Å². The first-order chi connectivity index (χ1) is 8.97. The molecule has 0 saturated carbocycles. The molecule has 0 atom stereocenters. The van der Waals surface area contributed by atoms with Crippen LogP contribution in [0.1, 0.15) is 5.56 Å². The summed E-state index contributed by atoms with van der Waals surface area (Å²) in [5.74, 6) is 0. The van der Waals surface area contributed by atoms with Crippen LogP contribution in [0, 0.1) is 0 Å². The molecule has 0 aliphatic heterocycles. The van der Waals surface area contributed by atoms with Crippen molar-refractivity contribution in [1.82, 2.24) is 4.98 Å². The van der Waals surface area contributed by atoms with Crippen LogP contribution in [0.2, 0.25) is 5.15 Å². The smallest absolute Gasteiger partial charge is 0.262 e. The molecule has 1 aromatic heterocycles. The number of aromatic nitrogens is 1. The van der Waals surface area contributed by atoms with E-state index in [0.717, 1.165) is 10.0 Å². The van der Waals surface area contributed by atoms with Crippen molar-refractivity contribution in [3.63, 3.8) is 0 Å². The Hall–Kier alpha value is -0.950. The zero-order valence-corrected chi connectivity index (χ0v) is 12.7. The molecule has 2 rings (SSSR count). The SMILES string of the molecule is O=S(=O)(OCc1ccc(Br)cc1)c1ccc(Cl)nc1. The van der Waals surface area contributed by atoms with Crippen molar-refractivity contribution in [2.45, 2.75) is 11.5 Å². The average molecular weight is 363 g/mol. The highest BCUT2D eigenvalue weighted by Gasteiger charge is 2.15. The van der Waals surface area contributed by atoms with Crippen LogP contribution in [0.4, 0.5) is 0 Å². The minimum absolute atomic E-state index is 0.0194. The van der Waals surface area contributed by atoms with Gasteiger partial charge in [-0.3, -0.25) is 4.18 Å². The lowest BCUT2D eigenvalue weighted by Gasteiger charge is -2.05. The van der Waals surface area contributed by atoms with E-state index in [-0.39, 0.29) is 16.7 Å². The molecule has 0 radical (unpaired) electrons. The first-order valence-corrected chi connectivity index (χ1v) is 7.81. The molecule has 4 nitrogen and oxygen atoms in total. The van der Waals surface area contributed by atoms with E-state index in [1.807, 2.05) is 12.1 Å². The van der Waals surface area contributed by atoms with E-state index in [4.69, 9.17) is 15.8 Å². The fraction of sp³-hybridized carbons (Fsp3) is 0.0833. The zero-order chi connectivity index (χ0) is 13.9. The predicted molar refractivity (Wildman–Crippen MR) is 75.4 cm³/mol. The normalized spacial score (nSPS) is 11.5. The van der Waals surface area contributed by atoms with Gasteiger partial charge in [0.2, 0.25) is 0 Å². The van der Waals surface area contributed by atoms with Crippen molar-refractivity contribution in [3.05, 3.63) is 57.8 Å². The summed E-state index contributed by atoms with van der Waals surface area (Å²) < 4.78 is 29.6. The third-order valence-corrected chi connectivity index (χ3v) is 4.28. The predicted octanol–water partition coefficient (Wildman–Crippen LogP) is 3.40. The van der Waals surface area contributed by atoms with Crippen molar-refractivity contribution in [2.24, 2.45) is 0 Å². The van der Waals surface area contributed by atoms with E-state index < -0.39 is 10.1 Å². The second-order valence-corrected chi connectivity index (χ2v) is 6.58. The van der Waals surface area contributed by atoms with Gasteiger partial charge in [0.1, 0.15) is 10.0 Å². The fourth-order valence-corrected chi connectivity index (χ4v) is 2.52. The quantitative estimate of drug-likeness (QED) is 0.618. The van der Waals surface area contributed by atoms with Crippen molar-refractivity contribution < 1.29 is 12.6 Å². The molecule has 1 heterocycles. The van der Waals surface area contributed by atoms with Crippen molar-refractivity contribution in [3.8, 4) is 0 Å². The maximum absolute atomic E-state index is 11.9. The summed E-state index contributed by atoms with van der Waals surface area (Å²) in [6, 6.07) is 9.94.